The number of carbonyl (C=O) groups is 1. The lowest BCUT2D eigenvalue weighted by atomic mass is 10.3. The van der Waals surface area contributed by atoms with Crippen molar-refractivity contribution in [2.24, 2.45) is 0 Å². The Kier molecular flexibility index (Phi) is 4.21. The van der Waals surface area contributed by atoms with Crippen LogP contribution in [0.2, 0.25) is 0 Å². The summed E-state index contributed by atoms with van der Waals surface area (Å²) in [7, 11) is 0. The molecule has 0 saturated carbocycles. The van der Waals surface area contributed by atoms with Crippen LogP contribution in [0.1, 0.15) is 23.1 Å². The molecule has 0 aliphatic rings. The Labute approximate surface area is 119 Å². The van der Waals surface area contributed by atoms with Crippen LogP contribution < -0.4 is 5.73 Å². The number of esters is 1. The minimum absolute atomic E-state index is 0.140. The highest BCUT2D eigenvalue weighted by molar-refractivity contribution is 9.10. The number of hydrogen-bond acceptors (Lipinski definition) is 4. The molecule has 6 heteroatoms. The first-order valence-corrected chi connectivity index (χ1v) is 6.62. The predicted octanol–water partition coefficient (Wildman–Crippen LogP) is 2.60. The van der Waals surface area contributed by atoms with Gasteiger partial charge in [0.2, 0.25) is 0 Å². The number of nitrogens with two attached hydrogens (primary N) is 1. The summed E-state index contributed by atoms with van der Waals surface area (Å²) in [4.78, 5) is 16.1. The van der Waals surface area contributed by atoms with Gasteiger partial charge >= 0.3 is 5.97 Å². The summed E-state index contributed by atoms with van der Waals surface area (Å²) in [5.74, 6) is -0.400. The van der Waals surface area contributed by atoms with Crippen LogP contribution in [0.3, 0.4) is 0 Å². The zero-order valence-electron chi connectivity index (χ0n) is 10.5. The molecule has 0 aliphatic carbocycles. The van der Waals surface area contributed by atoms with Crippen LogP contribution in [0.15, 0.2) is 35.1 Å². The number of nitrogen functional groups attached to an aromatic ring is 1. The molecule has 0 radical (unpaired) electrons. The van der Waals surface area contributed by atoms with Gasteiger partial charge in [-0.2, -0.15) is 0 Å². The zero-order chi connectivity index (χ0) is 13.8. The van der Waals surface area contributed by atoms with Crippen molar-refractivity contribution >= 4 is 27.6 Å². The van der Waals surface area contributed by atoms with Crippen LogP contribution in [-0.2, 0) is 17.9 Å². The van der Waals surface area contributed by atoms with Crippen LogP contribution in [0.5, 0.6) is 0 Å². The summed E-state index contributed by atoms with van der Waals surface area (Å²) in [6, 6.07) is 5.26. The molecule has 0 fully saturated rings. The summed E-state index contributed by atoms with van der Waals surface area (Å²) >= 11 is 3.30. The fourth-order valence-electron chi connectivity index (χ4n) is 1.67. The Hall–Kier alpha value is -1.82. The van der Waals surface area contributed by atoms with E-state index < -0.39 is 5.97 Å². The number of halogens is 1. The summed E-state index contributed by atoms with van der Waals surface area (Å²) in [6.07, 6.45) is 3.38. The third kappa shape index (κ3) is 3.35. The molecule has 2 aromatic rings. The Bertz CT molecular complexity index is 578. The van der Waals surface area contributed by atoms with Crippen LogP contribution in [0.25, 0.3) is 0 Å². The van der Waals surface area contributed by atoms with E-state index in [0.717, 1.165) is 4.47 Å². The van der Waals surface area contributed by atoms with E-state index in [2.05, 4.69) is 20.9 Å². The van der Waals surface area contributed by atoms with E-state index >= 15 is 0 Å². The lowest BCUT2D eigenvalue weighted by Crippen LogP contribution is -2.11. The van der Waals surface area contributed by atoms with Crippen molar-refractivity contribution in [1.82, 2.24) is 9.55 Å². The van der Waals surface area contributed by atoms with Crippen molar-refractivity contribution in [1.29, 1.82) is 0 Å². The number of pyridine rings is 1. The number of rotatable bonds is 4. The van der Waals surface area contributed by atoms with Gasteiger partial charge in [-0.1, -0.05) is 0 Å². The molecule has 0 unspecified atom stereocenters. The number of hydrogen-bond donors (Lipinski definition) is 1. The highest BCUT2D eigenvalue weighted by Gasteiger charge is 2.13. The third-order valence-corrected chi connectivity index (χ3v) is 3.08. The van der Waals surface area contributed by atoms with Crippen LogP contribution in [-0.4, -0.2) is 15.5 Å². The molecule has 0 saturated heterocycles. The highest BCUT2D eigenvalue weighted by atomic mass is 79.9. The van der Waals surface area contributed by atoms with E-state index in [1.807, 2.05) is 13.0 Å². The van der Waals surface area contributed by atoms with E-state index in [1.165, 1.54) is 0 Å². The van der Waals surface area contributed by atoms with E-state index in [4.69, 9.17) is 10.5 Å². The fourth-order valence-corrected chi connectivity index (χ4v) is 1.91. The van der Waals surface area contributed by atoms with Gasteiger partial charge in [-0.3, -0.25) is 4.98 Å². The largest absolute Gasteiger partial charge is 0.455 e. The molecular weight excluding hydrogens is 310 g/mol. The minimum atomic E-state index is -0.400. The van der Waals surface area contributed by atoms with E-state index in [9.17, 15) is 4.79 Å². The summed E-state index contributed by atoms with van der Waals surface area (Å²) in [5, 5.41) is 0. The Balaban J connectivity index is 2.03. The van der Waals surface area contributed by atoms with E-state index in [0.29, 0.717) is 23.6 Å². The van der Waals surface area contributed by atoms with Gasteiger partial charge in [0.15, 0.2) is 0 Å². The van der Waals surface area contributed by atoms with Crippen molar-refractivity contribution in [2.45, 2.75) is 20.1 Å². The quantitative estimate of drug-likeness (QED) is 0.878. The van der Waals surface area contributed by atoms with Crippen LogP contribution in [0.4, 0.5) is 5.69 Å². The number of nitrogens with zero attached hydrogens (tertiary/aromatic N) is 2. The number of carbonyl (C=O) groups excluding carboxylic acids is 1. The molecule has 2 aromatic heterocycles. The molecule has 19 heavy (non-hydrogen) atoms. The van der Waals surface area contributed by atoms with Gasteiger partial charge < -0.3 is 15.0 Å². The highest BCUT2D eigenvalue weighted by Crippen LogP contribution is 2.13. The van der Waals surface area contributed by atoms with Gasteiger partial charge in [0.1, 0.15) is 12.3 Å². The van der Waals surface area contributed by atoms with Gasteiger partial charge in [0, 0.05) is 23.4 Å². The second-order valence-corrected chi connectivity index (χ2v) is 4.90. The lowest BCUT2D eigenvalue weighted by Gasteiger charge is -2.06. The molecule has 0 aliphatic heterocycles. The first-order valence-electron chi connectivity index (χ1n) is 5.83. The molecule has 0 bridgehead atoms. The second-order valence-electron chi connectivity index (χ2n) is 3.99. The maximum atomic E-state index is 11.9. The van der Waals surface area contributed by atoms with Crippen molar-refractivity contribution in [2.75, 3.05) is 5.73 Å². The molecule has 0 spiro atoms. The topological polar surface area (TPSA) is 70.1 Å². The lowest BCUT2D eigenvalue weighted by molar-refractivity contribution is 0.0455. The number of ether oxygens (including phenoxy) is 1. The molecule has 0 atom stereocenters. The maximum absolute atomic E-state index is 11.9. The Morgan fingerprint density at radius 3 is 2.95 bits per heavy atom. The predicted molar refractivity (Wildman–Crippen MR) is 75.6 cm³/mol. The number of aromatic nitrogens is 2. The first-order chi connectivity index (χ1) is 9.10. The van der Waals surface area contributed by atoms with E-state index in [-0.39, 0.29) is 6.61 Å². The molecular formula is C13H14BrN3O2. The van der Waals surface area contributed by atoms with Gasteiger partial charge in [-0.15, -0.1) is 0 Å². The monoisotopic (exact) mass is 323 g/mol. The summed E-state index contributed by atoms with van der Waals surface area (Å²) in [6.45, 7) is 2.74. The van der Waals surface area contributed by atoms with Crippen LogP contribution >= 0.6 is 15.9 Å². The maximum Gasteiger partial charge on any atom is 0.355 e. The van der Waals surface area contributed by atoms with E-state index in [1.54, 1.807) is 29.1 Å². The second kappa shape index (κ2) is 5.88. The normalized spacial score (nSPS) is 10.4. The van der Waals surface area contributed by atoms with Gasteiger partial charge in [0.25, 0.3) is 0 Å². The van der Waals surface area contributed by atoms with Crippen molar-refractivity contribution in [3.8, 4) is 0 Å². The first kappa shape index (κ1) is 13.6. The summed E-state index contributed by atoms with van der Waals surface area (Å²) in [5.41, 5.74) is 7.37. The van der Waals surface area contributed by atoms with Gasteiger partial charge in [0.05, 0.1) is 11.4 Å². The van der Waals surface area contributed by atoms with Gasteiger partial charge in [-0.25, -0.2) is 4.79 Å². The SMILES string of the molecule is CCn1cc(N)cc1C(=O)OCc1ccc(Br)cn1. The van der Waals surface area contributed by atoms with Crippen LogP contribution in [0, 0.1) is 0 Å². The summed E-state index contributed by atoms with van der Waals surface area (Å²) < 4.78 is 7.86. The van der Waals surface area contributed by atoms with Crippen molar-refractivity contribution in [3.63, 3.8) is 0 Å². The average Bonchev–Trinajstić information content (AvgIpc) is 2.79. The van der Waals surface area contributed by atoms with Gasteiger partial charge in [-0.05, 0) is 41.1 Å². The molecule has 5 nitrogen and oxygen atoms in total. The molecule has 2 heterocycles. The molecule has 0 aromatic carbocycles. The fraction of sp³-hybridized carbons (Fsp3) is 0.231. The Morgan fingerprint density at radius 1 is 1.53 bits per heavy atom. The average molecular weight is 324 g/mol. The molecule has 2 rings (SSSR count). The minimum Gasteiger partial charge on any atom is -0.455 e. The zero-order valence-corrected chi connectivity index (χ0v) is 12.1. The molecule has 0 amide bonds. The standard InChI is InChI=1S/C13H14BrN3O2/c1-2-17-7-10(15)5-12(17)13(18)19-8-11-4-3-9(14)6-16-11/h3-7H,2,8,15H2,1H3. The number of anilines is 1. The van der Waals surface area contributed by atoms with Crippen molar-refractivity contribution in [3.05, 3.63) is 46.5 Å². The molecule has 100 valence electrons. The van der Waals surface area contributed by atoms with Crippen molar-refractivity contribution < 1.29 is 9.53 Å². The third-order valence-electron chi connectivity index (χ3n) is 2.61. The number of aryl methyl sites for hydroxylation is 1. The smallest absolute Gasteiger partial charge is 0.355 e. The Morgan fingerprint density at radius 2 is 2.32 bits per heavy atom. The molecule has 2 N–H and O–H groups in total.